The van der Waals surface area contributed by atoms with Crippen molar-refractivity contribution in [3.05, 3.63) is 0 Å². The van der Waals surface area contributed by atoms with E-state index in [9.17, 15) is 4.57 Å². The van der Waals surface area contributed by atoms with Crippen LogP contribution in [-0.4, -0.2) is 4.89 Å². The minimum atomic E-state index is -3.20. The molecule has 0 spiro atoms. The zero-order valence-corrected chi connectivity index (χ0v) is 8.73. The van der Waals surface area contributed by atoms with Crippen LogP contribution in [0.5, 0.6) is 0 Å². The molecule has 1 unspecified atom stereocenters. The number of hydrogen-bond acceptors (Lipinski definition) is 1. The predicted molar refractivity (Wildman–Crippen MR) is 9.83 cm³/mol. The second kappa shape index (κ2) is 3.78. The second-order valence-electron chi connectivity index (χ2n) is 0.401. The van der Waals surface area contributed by atoms with Crippen molar-refractivity contribution in [3.8, 4) is 0 Å². The first-order chi connectivity index (χ1) is 2.00. The van der Waals surface area contributed by atoms with Gasteiger partial charge in [-0.2, -0.15) is 0 Å². The quantitative estimate of drug-likeness (QED) is 0.486. The summed E-state index contributed by atoms with van der Waals surface area (Å²) in [5.41, 5.74) is 0. The van der Waals surface area contributed by atoms with Crippen LogP contribution in [0.15, 0.2) is 0 Å². The fourth-order valence-corrected chi connectivity index (χ4v) is 0. The molecule has 1 atom stereocenters. The van der Waals surface area contributed by atoms with E-state index in [0.29, 0.717) is 0 Å². The maximum Gasteiger partial charge on any atom is 0 e. The zero-order chi connectivity index (χ0) is 4.50. The molecule has 0 heterocycles. The van der Waals surface area contributed by atoms with Crippen molar-refractivity contribution >= 4 is 4.83 Å². The first-order valence-corrected chi connectivity index (χ1v) is 4.99. The van der Waals surface area contributed by atoms with Gasteiger partial charge in [-0.15, -0.1) is 0 Å². The molecule has 0 fully saturated rings. The van der Waals surface area contributed by atoms with Gasteiger partial charge in [0.05, 0.1) is 0 Å². The summed E-state index contributed by atoms with van der Waals surface area (Å²) in [5, 5.41) is 0. The van der Waals surface area contributed by atoms with Crippen LogP contribution in [0, 0.1) is 0 Å². The van der Waals surface area contributed by atoms with E-state index in [1.54, 1.807) is 0 Å². The third-order valence-electron chi connectivity index (χ3n) is 0. The Hall–Kier alpha value is 1.83. The van der Waals surface area contributed by atoms with Gasteiger partial charge in [0.15, 0.2) is 0 Å². The van der Waals surface area contributed by atoms with Gasteiger partial charge >= 0.3 is 44.9 Å². The van der Waals surface area contributed by atoms with E-state index >= 15 is 0 Å². The molecule has 6 heteroatoms. The Balaban J connectivity index is 0. The Morgan fingerprint density at radius 1 is 1.83 bits per heavy atom. The van der Waals surface area contributed by atoms with E-state index in [2.05, 4.69) is 30.6 Å². The normalized spacial score (nSPS) is 18.0. The fraction of sp³-hybridized carbons (Fsp3) is 0. The third kappa shape index (κ3) is 40.7. The summed E-state index contributed by atoms with van der Waals surface area (Å²) in [6.45, 7) is 0. The molecule has 0 aromatic carbocycles. The van der Waals surface area contributed by atoms with Crippen molar-refractivity contribution in [2.45, 2.75) is 0 Å². The third-order valence-corrected chi connectivity index (χ3v) is 0. The molecule has 0 aromatic rings. The van der Waals surface area contributed by atoms with Gasteiger partial charge in [-0.1, -0.05) is 0 Å². The van der Waals surface area contributed by atoms with Crippen molar-refractivity contribution in [2.24, 2.45) is 0 Å². The van der Waals surface area contributed by atoms with Crippen LogP contribution in [0.2, 0.25) is 0 Å². The van der Waals surface area contributed by atoms with E-state index in [1.807, 2.05) is 0 Å². The Labute approximate surface area is 64.1 Å². The molecular weight excluding hydrogens is 242 g/mol. The minimum Gasteiger partial charge on any atom is 0 e. The average Bonchev–Trinajstić information content (AvgIpc) is 0.722. The van der Waals surface area contributed by atoms with Gasteiger partial charge in [-0.3, -0.25) is 0 Å². The fourth-order valence-electron chi connectivity index (χ4n) is 0. The molecule has 0 saturated heterocycles. The Kier molecular flexibility index (Phi) is 6.77. The van der Waals surface area contributed by atoms with Gasteiger partial charge in [-0.25, -0.2) is 0 Å². The molecule has 0 rings (SSSR count). The molecule has 0 amide bonds. The first kappa shape index (κ1) is 10.7. The minimum absolute atomic E-state index is 0. The van der Waals surface area contributed by atoms with Crippen LogP contribution in [0.1, 0.15) is 0 Å². The van der Waals surface area contributed by atoms with Crippen LogP contribution in [-0.2, 0) is 54.6 Å². The Morgan fingerprint density at radius 3 is 1.83 bits per heavy atom. The monoisotopic (exact) mass is 241 g/mol. The van der Waals surface area contributed by atoms with Crippen molar-refractivity contribution < 1.29 is 59.5 Å². The van der Waals surface area contributed by atoms with Gasteiger partial charge in [-0.05, 0) is 0 Å². The predicted octanol–water partition coefficient (Wildman–Crippen LogP) is 0.178. The summed E-state index contributed by atoms with van der Waals surface area (Å²) in [5.74, 6) is 0. The first-order valence-electron chi connectivity index (χ1n) is 0.693. The van der Waals surface area contributed by atoms with E-state index in [4.69, 9.17) is 4.89 Å². The van der Waals surface area contributed by atoms with Gasteiger partial charge in [0, 0.05) is 19.5 Å². The topological polar surface area (TPSA) is 37.3 Å². The maximum atomic E-state index is 9.52. The summed E-state index contributed by atoms with van der Waals surface area (Å²) in [4.78, 5) is 4.62. The molecule has 2 nitrogen and oxygen atoms in total. The number of rotatable bonds is 0. The second-order valence-corrected chi connectivity index (χ2v) is 6.26. The molecule has 0 saturated carbocycles. The number of hydrogen-bond donors (Lipinski definition) is 1. The standard InChI is InChI=1S/Mn.Ni.HO2P.Zn/c;;1-3-2;/h;;(H,1,2);. The van der Waals surface area contributed by atoms with Crippen LogP contribution >= 0.6 is 4.83 Å². The molecule has 0 bridgehead atoms. The van der Waals surface area contributed by atoms with Crippen molar-refractivity contribution in [1.82, 2.24) is 0 Å². The van der Waals surface area contributed by atoms with Crippen molar-refractivity contribution in [3.63, 3.8) is 0 Å². The van der Waals surface area contributed by atoms with Gasteiger partial charge in [0.1, 0.15) is 0 Å². The largest absolute Gasteiger partial charge is 0 e. The molecular formula is HMnNiO2PZn. The smallest absolute Gasteiger partial charge is 0 e. The summed E-state index contributed by atoms with van der Waals surface area (Å²) in [6.07, 6.45) is 0. The molecule has 1 N–H and O–H groups in total. The van der Waals surface area contributed by atoms with E-state index < -0.39 is 4.83 Å². The summed E-state index contributed by atoms with van der Waals surface area (Å²) >= 11 is 5.91. The van der Waals surface area contributed by atoms with E-state index in [-0.39, 0.29) is 19.5 Å². The van der Waals surface area contributed by atoms with Gasteiger partial charge in [0.2, 0.25) is 0 Å². The molecule has 6 heavy (non-hydrogen) atoms. The van der Waals surface area contributed by atoms with E-state index in [0.717, 1.165) is 0 Å². The molecule has 0 aliphatic carbocycles. The average molecular weight is 243 g/mol. The maximum absolute atomic E-state index is 9.52. The Bertz CT molecular complexity index is 59.7. The van der Waals surface area contributed by atoms with Crippen LogP contribution in [0.4, 0.5) is 0 Å². The Morgan fingerprint density at radius 2 is 1.83 bits per heavy atom. The molecule has 0 aliphatic rings. The van der Waals surface area contributed by atoms with Crippen LogP contribution < -0.4 is 0 Å². The van der Waals surface area contributed by atoms with Gasteiger partial charge in [0.25, 0.3) is 0 Å². The molecule has 0 aromatic heterocycles. The van der Waals surface area contributed by atoms with Gasteiger partial charge < -0.3 is 0 Å². The van der Waals surface area contributed by atoms with E-state index in [1.165, 1.54) is 0 Å². The van der Waals surface area contributed by atoms with Crippen LogP contribution in [0.3, 0.4) is 0 Å². The van der Waals surface area contributed by atoms with Crippen molar-refractivity contribution in [1.29, 1.82) is 0 Å². The zero-order valence-electron chi connectivity index (χ0n) is 2.70. The summed E-state index contributed by atoms with van der Waals surface area (Å²) < 4.78 is 9.52. The van der Waals surface area contributed by atoms with Crippen molar-refractivity contribution in [2.75, 3.05) is 0 Å². The molecule has 0 aliphatic heterocycles. The SMILES string of the molecule is O=[P](O)([Mn])[Ni].[Zn]. The molecule has 37 valence electrons. The van der Waals surface area contributed by atoms with Crippen LogP contribution in [0.25, 0.3) is 0 Å². The summed E-state index contributed by atoms with van der Waals surface area (Å²) in [7, 11) is 0. The molecule has 0 radical (unpaired) electrons. The summed E-state index contributed by atoms with van der Waals surface area (Å²) in [6, 6.07) is 0.